The summed E-state index contributed by atoms with van der Waals surface area (Å²) in [4.78, 5) is 27.4. The van der Waals surface area contributed by atoms with Crippen LogP contribution in [0.5, 0.6) is 0 Å². The fourth-order valence-electron chi connectivity index (χ4n) is 3.76. The summed E-state index contributed by atoms with van der Waals surface area (Å²) in [7, 11) is 0. The number of halogens is 6. The Bertz CT molecular complexity index is 1240. The summed E-state index contributed by atoms with van der Waals surface area (Å²) < 4.78 is 79.9. The van der Waals surface area contributed by atoms with E-state index in [9.17, 15) is 41.3 Å². The van der Waals surface area contributed by atoms with Crippen molar-refractivity contribution in [3.8, 4) is 0 Å². The fraction of sp³-hybridized carbons (Fsp3) is 0.250. The van der Waals surface area contributed by atoms with E-state index in [0.29, 0.717) is 17.7 Å². The lowest BCUT2D eigenvalue weighted by atomic mass is 9.86. The minimum Gasteiger partial charge on any atom is -0.299 e. The summed E-state index contributed by atoms with van der Waals surface area (Å²) in [6.45, 7) is 1.66. The molecular formula is C24H18F6N2O3. The first-order chi connectivity index (χ1) is 16.3. The normalized spacial score (nSPS) is 12.9. The number of nitro groups is 1. The summed E-state index contributed by atoms with van der Waals surface area (Å²) in [5.74, 6) is -1.96. The molecule has 0 aliphatic heterocycles. The number of carbonyl (C=O) groups is 1. The summed E-state index contributed by atoms with van der Waals surface area (Å²) in [5.41, 5.74) is -2.21. The highest BCUT2D eigenvalue weighted by molar-refractivity contribution is 5.83. The van der Waals surface area contributed by atoms with Crippen LogP contribution in [0.2, 0.25) is 0 Å². The van der Waals surface area contributed by atoms with Gasteiger partial charge in [-0.25, -0.2) is 0 Å². The van der Waals surface area contributed by atoms with Gasteiger partial charge in [0.25, 0.3) is 5.69 Å². The van der Waals surface area contributed by atoms with E-state index < -0.39 is 58.6 Å². The van der Waals surface area contributed by atoms with E-state index in [-0.39, 0.29) is 16.8 Å². The average Bonchev–Trinajstić information content (AvgIpc) is 2.76. The van der Waals surface area contributed by atoms with Crippen molar-refractivity contribution in [3.63, 3.8) is 0 Å². The average molecular weight is 496 g/mol. The SMILES string of the molecule is Cc1ccc([N+](=O)[O-])c(CC(=O)C[C@@H](c2ccc(C(F)(F)F)cc2)c2ncccc2C(F)(F)F)c1. The third-order valence-corrected chi connectivity index (χ3v) is 5.37. The van der Waals surface area contributed by atoms with Crippen molar-refractivity contribution in [1.82, 2.24) is 4.98 Å². The molecule has 0 radical (unpaired) electrons. The number of nitrogens with zero attached hydrogens (tertiary/aromatic N) is 2. The van der Waals surface area contributed by atoms with Crippen molar-refractivity contribution >= 4 is 11.5 Å². The second-order valence-corrected chi connectivity index (χ2v) is 7.92. The van der Waals surface area contributed by atoms with Gasteiger partial charge in [-0.2, -0.15) is 26.3 Å². The van der Waals surface area contributed by atoms with E-state index in [2.05, 4.69) is 4.98 Å². The predicted octanol–water partition coefficient (Wildman–Crippen LogP) is 6.67. The standard InChI is InChI=1S/C24H18F6N2O3/c1-14-4-9-21(32(34)35)16(11-14)12-18(33)13-19(15-5-7-17(8-6-15)23(25,26)27)22-20(24(28,29)30)3-2-10-31-22/h2-11,19H,12-13H2,1H3/t19-/m0/s1. The van der Waals surface area contributed by atoms with Crippen molar-refractivity contribution in [3.05, 3.63) is 104 Å². The Labute approximate surface area is 195 Å². The number of alkyl halides is 6. The number of pyridine rings is 1. The Hall–Kier alpha value is -3.76. The van der Waals surface area contributed by atoms with Gasteiger partial charge in [0, 0.05) is 36.6 Å². The summed E-state index contributed by atoms with van der Waals surface area (Å²) >= 11 is 0. The zero-order valence-corrected chi connectivity index (χ0v) is 18.2. The summed E-state index contributed by atoms with van der Waals surface area (Å²) in [6, 6.07) is 9.43. The lowest BCUT2D eigenvalue weighted by molar-refractivity contribution is -0.385. The molecule has 0 spiro atoms. The number of benzene rings is 2. The van der Waals surface area contributed by atoms with Crippen LogP contribution in [-0.4, -0.2) is 15.7 Å². The molecule has 1 atom stereocenters. The fourth-order valence-corrected chi connectivity index (χ4v) is 3.76. The van der Waals surface area contributed by atoms with Gasteiger partial charge in [0.2, 0.25) is 0 Å². The van der Waals surface area contributed by atoms with Gasteiger partial charge in [0.1, 0.15) is 5.78 Å². The topological polar surface area (TPSA) is 73.1 Å². The minimum absolute atomic E-state index is 0.0225. The first-order valence-corrected chi connectivity index (χ1v) is 10.2. The summed E-state index contributed by atoms with van der Waals surface area (Å²) in [5, 5.41) is 11.3. The molecule has 1 aromatic heterocycles. The molecule has 184 valence electrons. The van der Waals surface area contributed by atoms with Crippen molar-refractivity contribution in [2.24, 2.45) is 0 Å². The van der Waals surface area contributed by atoms with Gasteiger partial charge in [-0.05, 0) is 42.8 Å². The van der Waals surface area contributed by atoms with Gasteiger partial charge in [-0.15, -0.1) is 0 Å². The predicted molar refractivity (Wildman–Crippen MR) is 114 cm³/mol. The van der Waals surface area contributed by atoms with E-state index in [1.807, 2.05) is 0 Å². The van der Waals surface area contributed by atoms with Crippen LogP contribution in [0.1, 0.15) is 45.8 Å². The van der Waals surface area contributed by atoms with Gasteiger partial charge < -0.3 is 0 Å². The molecule has 11 heteroatoms. The highest BCUT2D eigenvalue weighted by atomic mass is 19.4. The van der Waals surface area contributed by atoms with E-state index in [1.54, 1.807) is 6.92 Å². The Balaban J connectivity index is 2.03. The second kappa shape index (κ2) is 9.85. The van der Waals surface area contributed by atoms with Gasteiger partial charge in [-0.1, -0.05) is 23.8 Å². The molecule has 5 nitrogen and oxygen atoms in total. The van der Waals surface area contributed by atoms with Crippen molar-refractivity contribution in [2.75, 3.05) is 0 Å². The minimum atomic E-state index is -4.83. The first kappa shape index (κ1) is 25.9. The largest absolute Gasteiger partial charge is 0.418 e. The molecular weight excluding hydrogens is 478 g/mol. The van der Waals surface area contributed by atoms with Crippen LogP contribution < -0.4 is 0 Å². The van der Waals surface area contributed by atoms with E-state index >= 15 is 0 Å². The van der Waals surface area contributed by atoms with Crippen LogP contribution in [0.4, 0.5) is 32.0 Å². The number of nitro benzene ring substituents is 1. The lowest BCUT2D eigenvalue weighted by Crippen LogP contribution is -2.18. The molecule has 0 aliphatic carbocycles. The third kappa shape index (κ3) is 6.23. The maximum absolute atomic E-state index is 13.7. The molecule has 1 heterocycles. The molecule has 0 unspecified atom stereocenters. The molecule has 0 N–H and O–H groups in total. The third-order valence-electron chi connectivity index (χ3n) is 5.37. The lowest BCUT2D eigenvalue weighted by Gasteiger charge is -2.21. The zero-order valence-electron chi connectivity index (χ0n) is 18.2. The van der Waals surface area contributed by atoms with Crippen LogP contribution >= 0.6 is 0 Å². The number of Topliss-reactive ketones (excluding diaryl/α,β-unsaturated/α-hetero) is 1. The van der Waals surface area contributed by atoms with Crippen LogP contribution in [0.25, 0.3) is 0 Å². The van der Waals surface area contributed by atoms with E-state index in [4.69, 9.17) is 0 Å². The number of carbonyl (C=O) groups excluding carboxylic acids is 1. The maximum Gasteiger partial charge on any atom is 0.418 e. The highest BCUT2D eigenvalue weighted by Crippen LogP contribution is 2.39. The quantitative estimate of drug-likeness (QED) is 0.208. The summed E-state index contributed by atoms with van der Waals surface area (Å²) in [6.07, 6.45) is -9.39. The number of hydrogen-bond donors (Lipinski definition) is 0. The molecule has 0 aliphatic rings. The molecule has 3 aromatic rings. The Morgan fingerprint density at radius 3 is 2.23 bits per heavy atom. The highest BCUT2D eigenvalue weighted by Gasteiger charge is 2.37. The zero-order chi connectivity index (χ0) is 26.0. The Morgan fingerprint density at radius 2 is 1.66 bits per heavy atom. The second-order valence-electron chi connectivity index (χ2n) is 7.92. The van der Waals surface area contributed by atoms with Crippen LogP contribution in [-0.2, 0) is 23.6 Å². The molecule has 2 aromatic carbocycles. The van der Waals surface area contributed by atoms with Crippen LogP contribution in [0.15, 0.2) is 60.8 Å². The van der Waals surface area contributed by atoms with Crippen molar-refractivity contribution < 1.29 is 36.1 Å². The Morgan fingerprint density at radius 1 is 1.00 bits per heavy atom. The molecule has 0 amide bonds. The van der Waals surface area contributed by atoms with Crippen LogP contribution in [0, 0.1) is 17.0 Å². The van der Waals surface area contributed by atoms with Gasteiger partial charge in [0.05, 0.1) is 21.7 Å². The van der Waals surface area contributed by atoms with Crippen LogP contribution in [0.3, 0.4) is 0 Å². The molecule has 0 bridgehead atoms. The molecule has 35 heavy (non-hydrogen) atoms. The van der Waals surface area contributed by atoms with E-state index in [0.717, 1.165) is 30.5 Å². The number of aromatic nitrogens is 1. The van der Waals surface area contributed by atoms with E-state index in [1.165, 1.54) is 18.2 Å². The Kier molecular flexibility index (Phi) is 7.27. The van der Waals surface area contributed by atoms with Gasteiger partial charge in [-0.3, -0.25) is 19.9 Å². The molecule has 0 saturated heterocycles. The van der Waals surface area contributed by atoms with Crippen molar-refractivity contribution in [1.29, 1.82) is 0 Å². The van der Waals surface area contributed by atoms with Gasteiger partial charge >= 0.3 is 12.4 Å². The smallest absolute Gasteiger partial charge is 0.299 e. The first-order valence-electron chi connectivity index (χ1n) is 10.2. The van der Waals surface area contributed by atoms with Gasteiger partial charge in [0.15, 0.2) is 0 Å². The number of rotatable bonds is 7. The maximum atomic E-state index is 13.7. The number of ketones is 1. The monoisotopic (exact) mass is 496 g/mol. The molecule has 3 rings (SSSR count). The molecule has 0 saturated carbocycles. The number of hydrogen-bond acceptors (Lipinski definition) is 4. The number of aryl methyl sites for hydroxylation is 1. The molecule has 0 fully saturated rings. The van der Waals surface area contributed by atoms with Crippen molar-refractivity contribution in [2.45, 2.75) is 38.0 Å².